The fourth-order valence-corrected chi connectivity index (χ4v) is 1.18. The lowest BCUT2D eigenvalue weighted by Gasteiger charge is -2.18. The molecule has 1 atom stereocenters. The molecule has 0 saturated heterocycles. The highest BCUT2D eigenvalue weighted by Crippen LogP contribution is 2.07. The maximum Gasteiger partial charge on any atom is 0.223 e. The Balaban J connectivity index is 3.74. The van der Waals surface area contributed by atoms with Crippen molar-refractivity contribution in [3.05, 3.63) is 6.42 Å². The molecule has 0 aliphatic heterocycles. The molecular weight excluding hydrogens is 150 g/mol. The zero-order valence-corrected chi connectivity index (χ0v) is 8.55. The van der Waals surface area contributed by atoms with Crippen LogP contribution in [0.25, 0.3) is 0 Å². The fraction of sp³-hybridized carbons (Fsp3) is 0.800. The number of hydrogen-bond acceptors (Lipinski definition) is 1. The first-order valence-corrected chi connectivity index (χ1v) is 4.70. The van der Waals surface area contributed by atoms with E-state index in [-0.39, 0.29) is 5.91 Å². The molecule has 0 fully saturated rings. The minimum atomic E-state index is 0.0440. The van der Waals surface area contributed by atoms with Gasteiger partial charge in [0.05, 0.1) is 0 Å². The van der Waals surface area contributed by atoms with Gasteiger partial charge in [0, 0.05) is 12.5 Å². The third kappa shape index (κ3) is 5.16. The zero-order valence-electron chi connectivity index (χ0n) is 8.55. The van der Waals surface area contributed by atoms with Crippen molar-refractivity contribution in [1.29, 1.82) is 0 Å². The van der Waals surface area contributed by atoms with E-state index in [1.54, 1.807) is 13.3 Å². The average molecular weight is 170 g/mol. The second kappa shape index (κ2) is 6.04. The van der Waals surface area contributed by atoms with E-state index in [0.29, 0.717) is 12.0 Å². The molecule has 0 saturated carbocycles. The average Bonchev–Trinajstić information content (AvgIpc) is 2.02. The van der Waals surface area contributed by atoms with Gasteiger partial charge in [-0.25, -0.2) is 0 Å². The van der Waals surface area contributed by atoms with E-state index in [2.05, 4.69) is 26.1 Å². The molecule has 1 unspecified atom stereocenters. The molecule has 1 radical (unpaired) electrons. The molecule has 0 aliphatic carbocycles. The predicted octanol–water partition coefficient (Wildman–Crippen LogP) is 2.15. The monoisotopic (exact) mass is 170 g/mol. The van der Waals surface area contributed by atoms with Crippen molar-refractivity contribution >= 4 is 5.91 Å². The van der Waals surface area contributed by atoms with Gasteiger partial charge in [-0.15, -0.1) is 0 Å². The molecule has 0 bridgehead atoms. The van der Waals surface area contributed by atoms with Gasteiger partial charge < -0.3 is 5.32 Å². The summed E-state index contributed by atoms with van der Waals surface area (Å²) in [6.45, 7) is 8.20. The van der Waals surface area contributed by atoms with Crippen molar-refractivity contribution in [3.8, 4) is 0 Å². The minimum absolute atomic E-state index is 0.0440. The number of carbonyl (C=O) groups is 1. The number of rotatable bonds is 5. The van der Waals surface area contributed by atoms with Crippen LogP contribution >= 0.6 is 0 Å². The van der Waals surface area contributed by atoms with Crippen LogP contribution in [0.1, 0.15) is 40.5 Å². The molecule has 12 heavy (non-hydrogen) atoms. The van der Waals surface area contributed by atoms with E-state index >= 15 is 0 Å². The Hall–Kier alpha value is -0.530. The lowest BCUT2D eigenvalue weighted by molar-refractivity contribution is -0.118. The second-order valence-corrected chi connectivity index (χ2v) is 3.53. The molecule has 0 rings (SSSR count). The summed E-state index contributed by atoms with van der Waals surface area (Å²) in [5.41, 5.74) is 0. The summed E-state index contributed by atoms with van der Waals surface area (Å²) in [4.78, 5) is 11.0. The summed E-state index contributed by atoms with van der Waals surface area (Å²) < 4.78 is 0. The van der Waals surface area contributed by atoms with Crippen LogP contribution in [0.4, 0.5) is 0 Å². The molecule has 1 N–H and O–H groups in total. The van der Waals surface area contributed by atoms with E-state index < -0.39 is 0 Å². The largest absolute Gasteiger partial charge is 0.353 e. The topological polar surface area (TPSA) is 29.1 Å². The van der Waals surface area contributed by atoms with E-state index in [0.717, 1.165) is 12.8 Å². The molecule has 1 amide bonds. The Kier molecular flexibility index (Phi) is 5.77. The van der Waals surface area contributed by atoms with Crippen molar-refractivity contribution in [2.75, 3.05) is 0 Å². The first-order valence-electron chi connectivity index (χ1n) is 4.70. The second-order valence-electron chi connectivity index (χ2n) is 3.53. The van der Waals surface area contributed by atoms with Crippen LogP contribution in [0, 0.1) is 12.3 Å². The van der Waals surface area contributed by atoms with Crippen LogP contribution < -0.4 is 5.32 Å². The van der Waals surface area contributed by atoms with Gasteiger partial charge in [-0.3, -0.25) is 4.79 Å². The Bertz CT molecular complexity index is 132. The summed E-state index contributed by atoms with van der Waals surface area (Å²) in [5, 5.41) is 2.95. The quantitative estimate of drug-likeness (QED) is 0.673. The number of nitrogens with one attached hydrogen (secondary N) is 1. The van der Waals surface area contributed by atoms with Crippen LogP contribution in [-0.2, 0) is 4.79 Å². The van der Waals surface area contributed by atoms with Crippen LogP contribution in [0.15, 0.2) is 0 Å². The highest BCUT2D eigenvalue weighted by molar-refractivity contribution is 5.84. The van der Waals surface area contributed by atoms with Gasteiger partial charge >= 0.3 is 0 Å². The fourth-order valence-electron chi connectivity index (χ4n) is 1.18. The third-order valence-electron chi connectivity index (χ3n) is 1.86. The summed E-state index contributed by atoms with van der Waals surface area (Å²) in [6.07, 6.45) is 3.65. The highest BCUT2D eigenvalue weighted by atomic mass is 16.1. The molecule has 0 heterocycles. The normalized spacial score (nSPS) is 13.1. The lowest BCUT2D eigenvalue weighted by Crippen LogP contribution is -2.34. The molecule has 0 aliphatic rings. The molecular formula is C10H20NO. The standard InChI is InChI=1S/C10H20NO/c1-5-9(7-8(3)4)11-10(12)6-2/h6,8-9H,5,7H2,1-4H3,(H,11,12). The number of hydrogen-bond donors (Lipinski definition) is 1. The Morgan fingerprint density at radius 1 is 1.50 bits per heavy atom. The van der Waals surface area contributed by atoms with Crippen LogP contribution in [0.2, 0.25) is 0 Å². The minimum Gasteiger partial charge on any atom is -0.353 e. The third-order valence-corrected chi connectivity index (χ3v) is 1.86. The molecule has 2 nitrogen and oxygen atoms in total. The molecule has 71 valence electrons. The summed E-state index contributed by atoms with van der Waals surface area (Å²) in [7, 11) is 0. The Labute approximate surface area is 75.7 Å². The first kappa shape index (κ1) is 11.5. The Morgan fingerprint density at radius 2 is 2.08 bits per heavy atom. The van der Waals surface area contributed by atoms with Crippen molar-refractivity contribution in [3.63, 3.8) is 0 Å². The molecule has 0 spiro atoms. The van der Waals surface area contributed by atoms with Crippen molar-refractivity contribution in [2.24, 2.45) is 5.92 Å². The predicted molar refractivity (Wildman–Crippen MR) is 51.7 cm³/mol. The summed E-state index contributed by atoms with van der Waals surface area (Å²) in [5.74, 6) is 0.689. The number of carbonyl (C=O) groups excluding carboxylic acids is 1. The molecule has 2 heteroatoms. The van der Waals surface area contributed by atoms with Crippen LogP contribution in [0.3, 0.4) is 0 Å². The van der Waals surface area contributed by atoms with Gasteiger partial charge in [-0.2, -0.15) is 0 Å². The van der Waals surface area contributed by atoms with Gasteiger partial charge in [0.15, 0.2) is 0 Å². The van der Waals surface area contributed by atoms with Gasteiger partial charge in [0.25, 0.3) is 0 Å². The number of amides is 1. The summed E-state index contributed by atoms with van der Waals surface area (Å²) >= 11 is 0. The highest BCUT2D eigenvalue weighted by Gasteiger charge is 2.10. The Morgan fingerprint density at radius 3 is 2.42 bits per heavy atom. The van der Waals surface area contributed by atoms with E-state index in [9.17, 15) is 4.79 Å². The van der Waals surface area contributed by atoms with Crippen molar-refractivity contribution in [2.45, 2.75) is 46.6 Å². The summed E-state index contributed by atoms with van der Waals surface area (Å²) in [6, 6.07) is 0.341. The van der Waals surface area contributed by atoms with E-state index in [1.165, 1.54) is 0 Å². The van der Waals surface area contributed by atoms with Crippen molar-refractivity contribution < 1.29 is 4.79 Å². The maximum atomic E-state index is 11.0. The van der Waals surface area contributed by atoms with Gasteiger partial charge in [-0.05, 0) is 18.8 Å². The van der Waals surface area contributed by atoms with Crippen molar-refractivity contribution in [1.82, 2.24) is 5.32 Å². The van der Waals surface area contributed by atoms with Crippen LogP contribution in [0.5, 0.6) is 0 Å². The van der Waals surface area contributed by atoms with Crippen LogP contribution in [-0.4, -0.2) is 11.9 Å². The first-order chi connectivity index (χ1) is 5.60. The van der Waals surface area contributed by atoms with Gasteiger partial charge in [0.1, 0.15) is 0 Å². The van der Waals surface area contributed by atoms with E-state index in [4.69, 9.17) is 0 Å². The SMILES string of the molecule is C[CH]C(=O)NC(CC)CC(C)C. The van der Waals surface area contributed by atoms with E-state index in [1.807, 2.05) is 0 Å². The lowest BCUT2D eigenvalue weighted by atomic mass is 10.0. The van der Waals surface area contributed by atoms with Gasteiger partial charge in [0.2, 0.25) is 5.91 Å². The molecule has 0 aromatic rings. The molecule has 0 aromatic heterocycles. The zero-order chi connectivity index (χ0) is 9.56. The van der Waals surface area contributed by atoms with Gasteiger partial charge in [-0.1, -0.05) is 27.7 Å². The smallest absolute Gasteiger partial charge is 0.223 e. The maximum absolute atomic E-state index is 11.0. The molecule has 0 aromatic carbocycles.